The zero-order valence-corrected chi connectivity index (χ0v) is 11.9. The lowest BCUT2D eigenvalue weighted by Crippen LogP contribution is -2.35. The third-order valence-corrected chi connectivity index (χ3v) is 3.84. The lowest BCUT2D eigenvalue weighted by molar-refractivity contribution is -0.384. The SMILES string of the molecule is CN1CCC(C(=O)Nc2cc([N+](=O)[O-])ccc2Cl)CC1. The molecule has 0 aromatic heterocycles. The number of hydrogen-bond acceptors (Lipinski definition) is 4. The van der Waals surface area contributed by atoms with E-state index in [4.69, 9.17) is 11.6 Å². The molecule has 20 heavy (non-hydrogen) atoms. The summed E-state index contributed by atoms with van der Waals surface area (Å²) in [5, 5.41) is 13.7. The van der Waals surface area contributed by atoms with Crippen molar-refractivity contribution in [1.29, 1.82) is 0 Å². The van der Waals surface area contributed by atoms with Crippen LogP contribution >= 0.6 is 11.6 Å². The van der Waals surface area contributed by atoms with Crippen molar-refractivity contribution in [1.82, 2.24) is 4.90 Å². The first kappa shape index (κ1) is 14.7. The van der Waals surface area contributed by atoms with Gasteiger partial charge in [0.25, 0.3) is 5.69 Å². The number of halogens is 1. The highest BCUT2D eigenvalue weighted by molar-refractivity contribution is 6.33. The first-order valence-corrected chi connectivity index (χ1v) is 6.78. The Balaban J connectivity index is 2.07. The lowest BCUT2D eigenvalue weighted by Gasteiger charge is -2.28. The molecule has 1 aliphatic rings. The Hall–Kier alpha value is -1.66. The summed E-state index contributed by atoms with van der Waals surface area (Å²) in [5.41, 5.74) is 0.206. The Kier molecular flexibility index (Phi) is 4.57. The molecule has 0 unspecified atom stereocenters. The number of nitro benzene ring substituents is 1. The molecule has 1 saturated heterocycles. The highest BCUT2D eigenvalue weighted by Crippen LogP contribution is 2.28. The first-order valence-electron chi connectivity index (χ1n) is 6.40. The Labute approximate surface area is 121 Å². The van der Waals surface area contributed by atoms with Crippen LogP contribution in [0.5, 0.6) is 0 Å². The van der Waals surface area contributed by atoms with E-state index in [1.807, 2.05) is 7.05 Å². The van der Waals surface area contributed by atoms with Crippen molar-refractivity contribution in [3.63, 3.8) is 0 Å². The standard InChI is InChI=1S/C13H16ClN3O3/c1-16-6-4-9(5-7-16)13(18)15-12-8-10(17(19)20)2-3-11(12)14/h2-3,8-9H,4-7H2,1H3,(H,15,18). The maximum absolute atomic E-state index is 12.1. The number of carbonyl (C=O) groups is 1. The van der Waals surface area contributed by atoms with Gasteiger partial charge >= 0.3 is 0 Å². The molecule has 108 valence electrons. The van der Waals surface area contributed by atoms with Crippen molar-refractivity contribution < 1.29 is 9.72 Å². The van der Waals surface area contributed by atoms with Crippen molar-refractivity contribution in [2.24, 2.45) is 5.92 Å². The van der Waals surface area contributed by atoms with E-state index in [1.54, 1.807) is 0 Å². The van der Waals surface area contributed by atoms with Crippen LogP contribution in [0.15, 0.2) is 18.2 Å². The first-order chi connectivity index (χ1) is 9.47. The molecule has 1 aliphatic heterocycles. The molecule has 1 amide bonds. The summed E-state index contributed by atoms with van der Waals surface area (Å²) in [6.07, 6.45) is 1.57. The second-order valence-electron chi connectivity index (χ2n) is 4.99. The smallest absolute Gasteiger partial charge is 0.271 e. The molecule has 0 spiro atoms. The van der Waals surface area contributed by atoms with Crippen molar-refractivity contribution in [3.05, 3.63) is 33.3 Å². The molecule has 1 heterocycles. The van der Waals surface area contributed by atoms with E-state index in [0.717, 1.165) is 25.9 Å². The largest absolute Gasteiger partial charge is 0.324 e. The van der Waals surface area contributed by atoms with E-state index in [2.05, 4.69) is 10.2 Å². The molecule has 2 rings (SSSR count). The van der Waals surface area contributed by atoms with E-state index < -0.39 is 4.92 Å². The molecule has 0 saturated carbocycles. The van der Waals surface area contributed by atoms with Gasteiger partial charge in [0, 0.05) is 18.1 Å². The summed E-state index contributed by atoms with van der Waals surface area (Å²) >= 11 is 5.96. The maximum atomic E-state index is 12.1. The summed E-state index contributed by atoms with van der Waals surface area (Å²) in [7, 11) is 2.02. The molecule has 1 N–H and O–H groups in total. The normalized spacial score (nSPS) is 16.9. The van der Waals surface area contributed by atoms with Crippen molar-refractivity contribution in [3.8, 4) is 0 Å². The van der Waals surface area contributed by atoms with Gasteiger partial charge in [-0.2, -0.15) is 0 Å². The van der Waals surface area contributed by atoms with Crippen LogP contribution in [0.2, 0.25) is 5.02 Å². The molecule has 1 aromatic carbocycles. The number of non-ortho nitro benzene ring substituents is 1. The van der Waals surface area contributed by atoms with Gasteiger partial charge in [0.15, 0.2) is 0 Å². The second-order valence-corrected chi connectivity index (χ2v) is 5.40. The molecule has 0 aliphatic carbocycles. The molecule has 1 aromatic rings. The van der Waals surface area contributed by atoms with Gasteiger partial charge in [-0.3, -0.25) is 14.9 Å². The molecule has 0 bridgehead atoms. The number of nitrogens with zero attached hydrogens (tertiary/aromatic N) is 2. The van der Waals surface area contributed by atoms with Gasteiger partial charge in [-0.1, -0.05) is 11.6 Å². The van der Waals surface area contributed by atoms with Crippen LogP contribution in [-0.2, 0) is 4.79 Å². The third kappa shape index (κ3) is 3.46. The topological polar surface area (TPSA) is 75.5 Å². The number of rotatable bonds is 3. The fourth-order valence-electron chi connectivity index (χ4n) is 2.23. The lowest BCUT2D eigenvalue weighted by atomic mass is 9.96. The summed E-state index contributed by atoms with van der Waals surface area (Å²) in [4.78, 5) is 24.5. The number of piperidine rings is 1. The zero-order chi connectivity index (χ0) is 14.7. The van der Waals surface area contributed by atoms with E-state index in [0.29, 0.717) is 10.7 Å². The molecular formula is C13H16ClN3O3. The maximum Gasteiger partial charge on any atom is 0.271 e. The van der Waals surface area contributed by atoms with E-state index >= 15 is 0 Å². The van der Waals surface area contributed by atoms with Crippen LogP contribution in [0.25, 0.3) is 0 Å². The van der Waals surface area contributed by atoms with Crippen LogP contribution in [0.1, 0.15) is 12.8 Å². The highest BCUT2D eigenvalue weighted by atomic mass is 35.5. The van der Waals surface area contributed by atoms with Gasteiger partial charge in [-0.15, -0.1) is 0 Å². The molecule has 7 heteroatoms. The van der Waals surface area contributed by atoms with Gasteiger partial charge in [0.1, 0.15) is 0 Å². The third-order valence-electron chi connectivity index (χ3n) is 3.51. The number of amides is 1. The monoisotopic (exact) mass is 297 g/mol. The summed E-state index contributed by atoms with van der Waals surface area (Å²) in [5.74, 6) is -0.193. The fraction of sp³-hybridized carbons (Fsp3) is 0.462. The Morgan fingerprint density at radius 2 is 2.10 bits per heavy atom. The molecular weight excluding hydrogens is 282 g/mol. The van der Waals surface area contributed by atoms with Crippen molar-refractivity contribution >= 4 is 28.9 Å². The number of anilines is 1. The van der Waals surface area contributed by atoms with Gasteiger partial charge in [0.2, 0.25) is 5.91 Å². The molecule has 1 fully saturated rings. The second kappa shape index (κ2) is 6.19. The van der Waals surface area contributed by atoms with Gasteiger partial charge in [0.05, 0.1) is 15.6 Å². The van der Waals surface area contributed by atoms with E-state index in [9.17, 15) is 14.9 Å². The number of nitrogens with one attached hydrogen (secondary N) is 1. The minimum atomic E-state index is -0.512. The van der Waals surface area contributed by atoms with E-state index in [1.165, 1.54) is 18.2 Å². The van der Waals surface area contributed by atoms with Crippen molar-refractivity contribution in [2.75, 3.05) is 25.5 Å². The number of likely N-dealkylation sites (tertiary alicyclic amines) is 1. The predicted molar refractivity (Wildman–Crippen MR) is 77.0 cm³/mol. The van der Waals surface area contributed by atoms with Crippen molar-refractivity contribution in [2.45, 2.75) is 12.8 Å². The van der Waals surface area contributed by atoms with Gasteiger partial charge < -0.3 is 10.2 Å². The van der Waals surface area contributed by atoms with Gasteiger partial charge in [-0.05, 0) is 39.0 Å². The number of benzene rings is 1. The van der Waals surface area contributed by atoms with Crippen LogP contribution in [0.4, 0.5) is 11.4 Å². The number of hydrogen-bond donors (Lipinski definition) is 1. The quantitative estimate of drug-likeness (QED) is 0.687. The van der Waals surface area contributed by atoms with Crippen LogP contribution in [-0.4, -0.2) is 35.9 Å². The summed E-state index contributed by atoms with van der Waals surface area (Å²) < 4.78 is 0. The minimum absolute atomic E-state index is 0.0680. The summed E-state index contributed by atoms with van der Waals surface area (Å²) in [6, 6.07) is 4.02. The average molecular weight is 298 g/mol. The Morgan fingerprint density at radius 3 is 2.70 bits per heavy atom. The van der Waals surface area contributed by atoms with Gasteiger partial charge in [-0.25, -0.2) is 0 Å². The minimum Gasteiger partial charge on any atom is -0.324 e. The zero-order valence-electron chi connectivity index (χ0n) is 11.1. The Bertz CT molecular complexity index is 528. The molecule has 0 radical (unpaired) electrons. The fourth-order valence-corrected chi connectivity index (χ4v) is 2.39. The Morgan fingerprint density at radius 1 is 1.45 bits per heavy atom. The van der Waals surface area contributed by atoms with E-state index in [-0.39, 0.29) is 17.5 Å². The van der Waals surface area contributed by atoms with Crippen LogP contribution in [0, 0.1) is 16.0 Å². The number of carbonyl (C=O) groups excluding carboxylic acids is 1. The summed E-state index contributed by atoms with van der Waals surface area (Å²) in [6.45, 7) is 1.75. The average Bonchev–Trinajstić information content (AvgIpc) is 2.41. The highest BCUT2D eigenvalue weighted by Gasteiger charge is 2.24. The van der Waals surface area contributed by atoms with Crippen LogP contribution < -0.4 is 5.32 Å². The predicted octanol–water partition coefficient (Wildman–Crippen LogP) is 2.53. The molecule has 0 atom stereocenters. The van der Waals surface area contributed by atoms with Crippen LogP contribution in [0.3, 0.4) is 0 Å². The molecule has 6 nitrogen and oxygen atoms in total. The number of nitro groups is 1.